The first-order valence-corrected chi connectivity index (χ1v) is 8.61. The van der Waals surface area contributed by atoms with Gasteiger partial charge in [-0.25, -0.2) is 0 Å². The number of nitrogens with zero attached hydrogens (tertiary/aromatic N) is 2. The maximum absolute atomic E-state index is 12.9. The van der Waals surface area contributed by atoms with E-state index in [1.807, 2.05) is 13.0 Å². The SMILES string of the molecule is COc1cnc(C)cc1C(=O)N1CCOC(c2ccc(Cl)c(Cl)c2)C1. The molecule has 0 aliphatic carbocycles. The van der Waals surface area contributed by atoms with E-state index < -0.39 is 0 Å². The van der Waals surface area contributed by atoms with Crippen LogP contribution in [0.25, 0.3) is 0 Å². The Morgan fingerprint density at radius 1 is 1.32 bits per heavy atom. The van der Waals surface area contributed by atoms with Crippen molar-refractivity contribution in [2.24, 2.45) is 0 Å². The zero-order valence-corrected chi connectivity index (χ0v) is 15.5. The Morgan fingerprint density at radius 2 is 2.12 bits per heavy atom. The number of benzene rings is 1. The summed E-state index contributed by atoms with van der Waals surface area (Å²) in [7, 11) is 1.53. The molecule has 1 atom stereocenters. The zero-order chi connectivity index (χ0) is 18.0. The molecule has 5 nitrogen and oxygen atoms in total. The highest BCUT2D eigenvalue weighted by Gasteiger charge is 2.28. The Morgan fingerprint density at radius 3 is 2.84 bits per heavy atom. The summed E-state index contributed by atoms with van der Waals surface area (Å²) in [5.74, 6) is 0.365. The molecule has 0 bridgehead atoms. The second-order valence-corrected chi connectivity index (χ2v) is 6.62. The number of aromatic nitrogens is 1. The van der Waals surface area contributed by atoms with Crippen molar-refractivity contribution in [3.8, 4) is 5.75 Å². The molecule has 2 heterocycles. The van der Waals surface area contributed by atoms with Crippen LogP contribution in [0.5, 0.6) is 5.75 Å². The quantitative estimate of drug-likeness (QED) is 0.809. The van der Waals surface area contributed by atoms with E-state index in [-0.39, 0.29) is 12.0 Å². The molecule has 1 aromatic carbocycles. The van der Waals surface area contributed by atoms with Gasteiger partial charge in [-0.2, -0.15) is 0 Å². The number of halogens is 2. The van der Waals surface area contributed by atoms with Gasteiger partial charge < -0.3 is 14.4 Å². The number of ether oxygens (including phenoxy) is 2. The van der Waals surface area contributed by atoms with Crippen LogP contribution in [0.1, 0.15) is 27.7 Å². The fourth-order valence-corrected chi connectivity index (χ4v) is 3.10. The molecule has 0 saturated carbocycles. The van der Waals surface area contributed by atoms with Crippen LogP contribution in [-0.2, 0) is 4.74 Å². The zero-order valence-electron chi connectivity index (χ0n) is 14.0. The third-order valence-electron chi connectivity index (χ3n) is 4.12. The smallest absolute Gasteiger partial charge is 0.257 e. The number of rotatable bonds is 3. The molecule has 132 valence electrons. The van der Waals surface area contributed by atoms with Gasteiger partial charge in [0.15, 0.2) is 0 Å². The predicted molar refractivity (Wildman–Crippen MR) is 96.6 cm³/mol. The Balaban J connectivity index is 1.82. The second kappa shape index (κ2) is 7.60. The van der Waals surface area contributed by atoms with Gasteiger partial charge >= 0.3 is 0 Å². The Hall–Kier alpha value is -1.82. The third-order valence-corrected chi connectivity index (χ3v) is 4.86. The van der Waals surface area contributed by atoms with E-state index in [0.717, 1.165) is 11.3 Å². The van der Waals surface area contributed by atoms with Gasteiger partial charge in [-0.3, -0.25) is 9.78 Å². The Bertz CT molecular complexity index is 798. The first-order valence-electron chi connectivity index (χ1n) is 7.86. The third kappa shape index (κ3) is 3.89. The average Bonchev–Trinajstić information content (AvgIpc) is 2.63. The summed E-state index contributed by atoms with van der Waals surface area (Å²) < 4.78 is 11.1. The van der Waals surface area contributed by atoms with Crippen LogP contribution < -0.4 is 4.74 Å². The molecule has 1 amide bonds. The highest BCUT2D eigenvalue weighted by atomic mass is 35.5. The number of methoxy groups -OCH3 is 1. The van der Waals surface area contributed by atoms with Crippen molar-refractivity contribution in [2.45, 2.75) is 13.0 Å². The summed E-state index contributed by atoms with van der Waals surface area (Å²) in [6.07, 6.45) is 1.32. The normalized spacial score (nSPS) is 17.4. The highest BCUT2D eigenvalue weighted by molar-refractivity contribution is 6.42. The highest BCUT2D eigenvalue weighted by Crippen LogP contribution is 2.30. The van der Waals surface area contributed by atoms with Gasteiger partial charge in [0.1, 0.15) is 11.9 Å². The van der Waals surface area contributed by atoms with Crippen LogP contribution in [-0.4, -0.2) is 42.6 Å². The molecule has 1 saturated heterocycles. The van der Waals surface area contributed by atoms with Crippen LogP contribution in [0.15, 0.2) is 30.5 Å². The molecular weight excluding hydrogens is 363 g/mol. The summed E-state index contributed by atoms with van der Waals surface area (Å²) in [4.78, 5) is 18.9. The fourth-order valence-electron chi connectivity index (χ4n) is 2.80. The van der Waals surface area contributed by atoms with Crippen LogP contribution in [0.2, 0.25) is 10.0 Å². The van der Waals surface area contributed by atoms with Crippen molar-refractivity contribution in [3.05, 3.63) is 57.3 Å². The van der Waals surface area contributed by atoms with Crippen LogP contribution in [0, 0.1) is 6.92 Å². The Labute approximate surface area is 156 Å². The van der Waals surface area contributed by atoms with E-state index in [1.165, 1.54) is 7.11 Å². The first-order chi connectivity index (χ1) is 12.0. The number of aryl methyl sites for hydroxylation is 1. The molecule has 3 rings (SSSR count). The van der Waals surface area contributed by atoms with Gasteiger partial charge in [-0.1, -0.05) is 29.3 Å². The minimum Gasteiger partial charge on any atom is -0.494 e. The van der Waals surface area contributed by atoms with Gasteiger partial charge in [0.05, 0.1) is 42.1 Å². The summed E-state index contributed by atoms with van der Waals surface area (Å²) in [5, 5.41) is 0.962. The topological polar surface area (TPSA) is 51.7 Å². The van der Waals surface area contributed by atoms with Crippen LogP contribution in [0.4, 0.5) is 0 Å². The average molecular weight is 381 g/mol. The van der Waals surface area contributed by atoms with E-state index in [1.54, 1.807) is 29.3 Å². The molecule has 1 aliphatic rings. The summed E-state index contributed by atoms with van der Waals surface area (Å²) in [6.45, 7) is 3.24. The number of pyridine rings is 1. The van der Waals surface area contributed by atoms with Gasteiger partial charge in [0.25, 0.3) is 5.91 Å². The fraction of sp³-hybridized carbons (Fsp3) is 0.333. The maximum Gasteiger partial charge on any atom is 0.257 e. The number of hydrogen-bond acceptors (Lipinski definition) is 4. The molecule has 1 aliphatic heterocycles. The lowest BCUT2D eigenvalue weighted by Gasteiger charge is -2.33. The molecule has 7 heteroatoms. The molecule has 1 aromatic heterocycles. The van der Waals surface area contributed by atoms with Crippen molar-refractivity contribution >= 4 is 29.1 Å². The molecule has 0 N–H and O–H groups in total. The lowest BCUT2D eigenvalue weighted by Crippen LogP contribution is -2.42. The first kappa shape index (κ1) is 18.0. The van der Waals surface area contributed by atoms with Crippen LogP contribution >= 0.6 is 23.2 Å². The van der Waals surface area contributed by atoms with E-state index in [4.69, 9.17) is 32.7 Å². The molecule has 2 aromatic rings. The van der Waals surface area contributed by atoms with E-state index >= 15 is 0 Å². The second-order valence-electron chi connectivity index (χ2n) is 5.81. The number of amides is 1. The summed E-state index contributed by atoms with van der Waals surface area (Å²) >= 11 is 12.1. The standard InChI is InChI=1S/C18H18Cl2N2O3/c1-11-7-13(16(24-2)9-21-11)18(23)22-5-6-25-17(10-22)12-3-4-14(19)15(20)8-12/h3-4,7-9,17H,5-6,10H2,1-2H3. The number of carbonyl (C=O) groups is 1. The number of carbonyl (C=O) groups excluding carboxylic acids is 1. The van der Waals surface area contributed by atoms with Gasteiger partial charge in [0.2, 0.25) is 0 Å². The number of morpholine rings is 1. The van der Waals surface area contributed by atoms with Crippen molar-refractivity contribution in [1.82, 2.24) is 9.88 Å². The molecule has 25 heavy (non-hydrogen) atoms. The number of hydrogen-bond donors (Lipinski definition) is 0. The van der Waals surface area contributed by atoms with E-state index in [0.29, 0.717) is 41.1 Å². The Kier molecular flexibility index (Phi) is 5.47. The van der Waals surface area contributed by atoms with E-state index in [9.17, 15) is 4.79 Å². The lowest BCUT2D eigenvalue weighted by atomic mass is 10.1. The molecule has 0 spiro atoms. The minimum absolute atomic E-state index is 0.101. The monoisotopic (exact) mass is 380 g/mol. The molecular formula is C18H18Cl2N2O3. The predicted octanol–water partition coefficient (Wildman–Crippen LogP) is 3.92. The summed E-state index contributed by atoms with van der Waals surface area (Å²) in [5.41, 5.74) is 2.16. The molecule has 0 radical (unpaired) electrons. The van der Waals surface area contributed by atoms with Crippen molar-refractivity contribution < 1.29 is 14.3 Å². The largest absolute Gasteiger partial charge is 0.494 e. The minimum atomic E-state index is -0.249. The molecule has 1 unspecified atom stereocenters. The van der Waals surface area contributed by atoms with Gasteiger partial charge in [-0.05, 0) is 30.7 Å². The van der Waals surface area contributed by atoms with E-state index in [2.05, 4.69) is 4.98 Å². The van der Waals surface area contributed by atoms with Gasteiger partial charge in [-0.15, -0.1) is 0 Å². The van der Waals surface area contributed by atoms with Crippen molar-refractivity contribution in [1.29, 1.82) is 0 Å². The van der Waals surface area contributed by atoms with Gasteiger partial charge in [0, 0.05) is 12.2 Å². The summed E-state index contributed by atoms with van der Waals surface area (Å²) in [6, 6.07) is 7.12. The maximum atomic E-state index is 12.9. The lowest BCUT2D eigenvalue weighted by molar-refractivity contribution is -0.0229. The van der Waals surface area contributed by atoms with Crippen LogP contribution in [0.3, 0.4) is 0 Å². The van der Waals surface area contributed by atoms with Crippen molar-refractivity contribution in [3.63, 3.8) is 0 Å². The van der Waals surface area contributed by atoms with Crippen molar-refractivity contribution in [2.75, 3.05) is 26.8 Å². The molecule has 1 fully saturated rings.